The van der Waals surface area contributed by atoms with E-state index in [0.717, 1.165) is 37.1 Å². The number of furan rings is 1. The van der Waals surface area contributed by atoms with Gasteiger partial charge in [-0.3, -0.25) is 9.59 Å². The predicted molar refractivity (Wildman–Crippen MR) is 131 cm³/mol. The number of carbonyl (C=O) groups is 2. The third-order valence-corrected chi connectivity index (χ3v) is 7.57. The van der Waals surface area contributed by atoms with Crippen molar-refractivity contribution < 1.29 is 31.9 Å². The van der Waals surface area contributed by atoms with E-state index >= 15 is 0 Å². The molecule has 12 heteroatoms. The molecule has 2 aliphatic heterocycles. The monoisotopic (exact) mass is 540 g/mol. The minimum Gasteiger partial charge on any atom is -0.466 e. The van der Waals surface area contributed by atoms with Crippen LogP contribution >= 0.6 is 11.8 Å². The van der Waals surface area contributed by atoms with Gasteiger partial charge in [0.25, 0.3) is 5.91 Å². The van der Waals surface area contributed by atoms with Gasteiger partial charge in [-0.05, 0) is 58.1 Å². The third-order valence-electron chi connectivity index (χ3n) is 6.70. The molecular weight excluding hydrogens is 509 g/mol. The molecule has 0 aromatic carbocycles. The smallest absolute Gasteiger partial charge is 0.433 e. The molecule has 4 heterocycles. The highest BCUT2D eigenvalue weighted by atomic mass is 32.2. The number of hydrogen-bond acceptors (Lipinski definition) is 8. The van der Waals surface area contributed by atoms with Gasteiger partial charge in [0, 0.05) is 31.7 Å². The van der Waals surface area contributed by atoms with E-state index in [0.29, 0.717) is 44.8 Å². The van der Waals surface area contributed by atoms with Crippen molar-refractivity contribution in [3.63, 3.8) is 0 Å². The summed E-state index contributed by atoms with van der Waals surface area (Å²) in [6, 6.07) is 4.31. The topological polar surface area (TPSA) is 88.8 Å². The highest BCUT2D eigenvalue weighted by Gasteiger charge is 2.35. The van der Waals surface area contributed by atoms with Crippen LogP contribution in [-0.4, -0.2) is 59.0 Å². The summed E-state index contributed by atoms with van der Waals surface area (Å²) in [5.41, 5.74) is -0.973. The highest BCUT2D eigenvalue weighted by molar-refractivity contribution is 7.98. The highest BCUT2D eigenvalue weighted by Crippen LogP contribution is 2.34. The SMILES string of the molecule is CCOC(=O)C1CCN(C(=O)c2ccc(CSc3nc(N4CCCCC4C)cc(C(F)(F)F)n3)o2)CC1. The fourth-order valence-corrected chi connectivity index (χ4v) is 5.40. The molecule has 2 saturated heterocycles. The van der Waals surface area contributed by atoms with Crippen LogP contribution in [0.4, 0.5) is 19.0 Å². The Bertz CT molecular complexity index is 1100. The van der Waals surface area contributed by atoms with Gasteiger partial charge in [-0.2, -0.15) is 13.2 Å². The molecule has 0 bridgehead atoms. The van der Waals surface area contributed by atoms with Crippen molar-refractivity contribution in [1.82, 2.24) is 14.9 Å². The van der Waals surface area contributed by atoms with Crippen molar-refractivity contribution in [3.05, 3.63) is 35.4 Å². The standard InChI is InChI=1S/C25H31F3N4O4S/c1-3-35-23(34)17-9-12-31(13-10-17)22(33)19-8-7-18(36-19)15-37-24-29-20(25(26,27)28)14-21(30-24)32-11-5-4-6-16(32)2/h7-8,14,16-17H,3-6,9-13,15H2,1-2H3. The second-order valence-electron chi connectivity index (χ2n) is 9.30. The molecule has 0 N–H and O–H groups in total. The molecule has 202 valence electrons. The van der Waals surface area contributed by atoms with Crippen LogP contribution in [0.15, 0.2) is 27.8 Å². The Morgan fingerprint density at radius 3 is 2.57 bits per heavy atom. The largest absolute Gasteiger partial charge is 0.466 e. The van der Waals surface area contributed by atoms with Crippen LogP contribution in [-0.2, 0) is 21.5 Å². The second-order valence-corrected chi connectivity index (χ2v) is 10.2. The lowest BCUT2D eigenvalue weighted by atomic mass is 9.97. The van der Waals surface area contributed by atoms with Crippen LogP contribution in [0.25, 0.3) is 0 Å². The van der Waals surface area contributed by atoms with Gasteiger partial charge in [0.1, 0.15) is 11.6 Å². The molecule has 4 rings (SSSR count). The molecule has 1 atom stereocenters. The van der Waals surface area contributed by atoms with Gasteiger partial charge in [-0.1, -0.05) is 11.8 Å². The summed E-state index contributed by atoms with van der Waals surface area (Å²) in [5.74, 6) is 0.309. The van der Waals surface area contributed by atoms with Crippen LogP contribution in [0.3, 0.4) is 0 Å². The number of rotatable bonds is 7. The summed E-state index contributed by atoms with van der Waals surface area (Å²) in [6.07, 6.45) is -0.687. The average molecular weight is 541 g/mol. The summed E-state index contributed by atoms with van der Waals surface area (Å²) in [6.45, 7) is 5.57. The first-order chi connectivity index (χ1) is 17.7. The minimum absolute atomic E-state index is 0.00733. The first-order valence-corrected chi connectivity index (χ1v) is 13.5. The fourth-order valence-electron chi connectivity index (χ4n) is 4.65. The number of nitrogens with zero attached hydrogens (tertiary/aromatic N) is 4. The number of alkyl halides is 3. The molecule has 2 aromatic heterocycles. The third kappa shape index (κ3) is 6.77. The van der Waals surface area contributed by atoms with Crippen LogP contribution < -0.4 is 4.90 Å². The van der Waals surface area contributed by atoms with Crippen LogP contribution in [0, 0.1) is 5.92 Å². The number of ether oxygens (including phenoxy) is 1. The van der Waals surface area contributed by atoms with Gasteiger partial charge in [-0.15, -0.1) is 0 Å². The molecule has 1 amide bonds. The molecule has 0 saturated carbocycles. The summed E-state index contributed by atoms with van der Waals surface area (Å²) in [4.78, 5) is 36.4. The van der Waals surface area contributed by atoms with E-state index in [4.69, 9.17) is 9.15 Å². The first kappa shape index (κ1) is 27.3. The van der Waals surface area contributed by atoms with Crippen LogP contribution in [0.5, 0.6) is 0 Å². The van der Waals surface area contributed by atoms with Crippen molar-refractivity contribution in [2.45, 2.75) is 69.1 Å². The molecule has 0 spiro atoms. The van der Waals surface area contributed by atoms with E-state index in [-0.39, 0.29) is 46.3 Å². The number of amides is 1. The number of aromatic nitrogens is 2. The zero-order chi connectivity index (χ0) is 26.6. The maximum atomic E-state index is 13.5. The Balaban J connectivity index is 1.40. The van der Waals surface area contributed by atoms with Gasteiger partial charge in [0.15, 0.2) is 16.6 Å². The summed E-state index contributed by atoms with van der Waals surface area (Å²) >= 11 is 1.03. The number of thioether (sulfide) groups is 1. The van der Waals surface area contributed by atoms with E-state index in [9.17, 15) is 22.8 Å². The number of carbonyl (C=O) groups excluding carboxylic acids is 2. The molecule has 8 nitrogen and oxygen atoms in total. The number of piperidine rings is 2. The van der Waals surface area contributed by atoms with E-state index in [1.807, 2.05) is 11.8 Å². The second kappa shape index (κ2) is 11.7. The van der Waals surface area contributed by atoms with Crippen molar-refractivity contribution in [2.75, 3.05) is 31.1 Å². The van der Waals surface area contributed by atoms with E-state index in [1.165, 1.54) is 0 Å². The Hall–Kier alpha value is -2.76. The Labute approximate surface area is 217 Å². The van der Waals surface area contributed by atoms with Gasteiger partial charge >= 0.3 is 12.1 Å². The zero-order valence-electron chi connectivity index (χ0n) is 20.9. The Kier molecular flexibility index (Phi) is 8.66. The number of esters is 1. The number of halogens is 3. The summed E-state index contributed by atoms with van der Waals surface area (Å²) in [5, 5.41) is 0.00733. The normalized spacial score (nSPS) is 19.2. The quantitative estimate of drug-likeness (QED) is 0.270. The van der Waals surface area contributed by atoms with Gasteiger partial charge in [0.2, 0.25) is 0 Å². The Morgan fingerprint density at radius 2 is 1.89 bits per heavy atom. The number of hydrogen-bond donors (Lipinski definition) is 0. The van der Waals surface area contributed by atoms with Crippen molar-refractivity contribution in [1.29, 1.82) is 0 Å². The molecule has 0 radical (unpaired) electrons. The van der Waals surface area contributed by atoms with Gasteiger partial charge < -0.3 is 19.0 Å². The van der Waals surface area contributed by atoms with E-state index in [1.54, 1.807) is 24.0 Å². The lowest BCUT2D eigenvalue weighted by Crippen LogP contribution is -2.40. The van der Waals surface area contributed by atoms with Crippen LogP contribution in [0.2, 0.25) is 0 Å². The molecule has 37 heavy (non-hydrogen) atoms. The lowest BCUT2D eigenvalue weighted by molar-refractivity contribution is -0.149. The molecule has 1 unspecified atom stereocenters. The molecule has 2 fully saturated rings. The number of anilines is 1. The zero-order valence-corrected chi connectivity index (χ0v) is 21.7. The first-order valence-electron chi connectivity index (χ1n) is 12.6. The number of likely N-dealkylation sites (tertiary alicyclic amines) is 1. The summed E-state index contributed by atoms with van der Waals surface area (Å²) < 4.78 is 51.4. The molecular formula is C25H31F3N4O4S. The van der Waals surface area contributed by atoms with E-state index in [2.05, 4.69) is 9.97 Å². The molecule has 2 aliphatic rings. The van der Waals surface area contributed by atoms with Gasteiger partial charge in [0.05, 0.1) is 18.3 Å². The lowest BCUT2D eigenvalue weighted by Gasteiger charge is -2.34. The van der Waals surface area contributed by atoms with E-state index < -0.39 is 11.9 Å². The van der Waals surface area contributed by atoms with Crippen LogP contribution in [0.1, 0.15) is 68.0 Å². The average Bonchev–Trinajstić information content (AvgIpc) is 3.36. The Morgan fingerprint density at radius 1 is 1.14 bits per heavy atom. The minimum atomic E-state index is -4.59. The van der Waals surface area contributed by atoms with Gasteiger partial charge in [-0.25, -0.2) is 9.97 Å². The van der Waals surface area contributed by atoms with Crippen molar-refractivity contribution in [2.24, 2.45) is 5.92 Å². The molecule has 2 aromatic rings. The molecule has 0 aliphatic carbocycles. The summed E-state index contributed by atoms with van der Waals surface area (Å²) in [7, 11) is 0. The van der Waals surface area contributed by atoms with Crippen molar-refractivity contribution in [3.8, 4) is 0 Å². The maximum Gasteiger partial charge on any atom is 0.433 e. The predicted octanol–water partition coefficient (Wildman–Crippen LogP) is 5.17. The fraction of sp³-hybridized carbons (Fsp3) is 0.600. The maximum absolute atomic E-state index is 13.5. The van der Waals surface area contributed by atoms with Crippen molar-refractivity contribution >= 4 is 29.5 Å².